The standard InChI is InChI=1S/C44H56N2O7S2/c1-28(48)25-45-40-19-14-31(22-32(40)26-47)44(46-33-8-4-3-5-9-33)53-36-10-6-7-21-54-55-27-39-37(18-13-29-11-16-35(50)24-38(29)39)42-30(12-17-34(49)23-36)15-20-41(51)43(42)52-2/h11,13-16,18-20,22,24,28,33,36,44-48,50-51H,3-10,12,17,21,23,25-27H2,1-2H3/t28-,36+,44-/m0/s1. The molecule has 2 aliphatic rings. The molecule has 0 saturated heterocycles. The number of phenols is 2. The summed E-state index contributed by atoms with van der Waals surface area (Å²) in [4.78, 5) is 14.0. The molecule has 4 aromatic carbocycles. The van der Waals surface area contributed by atoms with Crippen LogP contribution in [-0.2, 0) is 28.3 Å². The van der Waals surface area contributed by atoms with E-state index in [1.54, 1.807) is 43.0 Å². The van der Waals surface area contributed by atoms with Gasteiger partial charge in [0.1, 0.15) is 17.8 Å². The number of anilines is 1. The average Bonchev–Trinajstić information content (AvgIpc) is 3.18. The summed E-state index contributed by atoms with van der Waals surface area (Å²) in [6, 6.07) is 19.3. The Hall–Kier alpha value is -3.45. The van der Waals surface area contributed by atoms with E-state index in [0.717, 1.165) is 87.7 Å². The molecule has 0 unspecified atom stereocenters. The van der Waals surface area contributed by atoms with E-state index in [-0.39, 0.29) is 36.4 Å². The van der Waals surface area contributed by atoms with E-state index in [1.165, 1.54) is 19.3 Å². The number of carbonyl (C=O) groups is 1. The third-order valence-corrected chi connectivity index (χ3v) is 13.1. The van der Waals surface area contributed by atoms with Crippen molar-refractivity contribution in [1.82, 2.24) is 5.32 Å². The predicted octanol–water partition coefficient (Wildman–Crippen LogP) is 9.18. The first-order valence-corrected chi connectivity index (χ1v) is 22.2. The van der Waals surface area contributed by atoms with Crippen LogP contribution in [0.1, 0.15) is 99.6 Å². The largest absolute Gasteiger partial charge is 0.508 e. The highest BCUT2D eigenvalue weighted by Crippen LogP contribution is 2.46. The van der Waals surface area contributed by atoms with E-state index < -0.39 is 12.3 Å². The van der Waals surface area contributed by atoms with Crippen LogP contribution in [0.5, 0.6) is 17.2 Å². The Labute approximate surface area is 333 Å². The number of Topliss-reactive ketones (excluding diaryl/α,β-unsaturated/α-hetero) is 1. The average molecular weight is 789 g/mol. The van der Waals surface area contributed by atoms with Crippen LogP contribution in [0, 0.1) is 0 Å². The van der Waals surface area contributed by atoms with Gasteiger partial charge in [0.25, 0.3) is 0 Å². The Morgan fingerprint density at radius 2 is 1.71 bits per heavy atom. The van der Waals surface area contributed by atoms with Crippen molar-refractivity contribution >= 4 is 43.8 Å². The Bertz CT molecular complexity index is 1900. The number of fused-ring (bicyclic) bond motifs is 5. The Balaban J connectivity index is 1.29. The summed E-state index contributed by atoms with van der Waals surface area (Å²) >= 11 is 0. The fourth-order valence-electron chi connectivity index (χ4n) is 7.85. The van der Waals surface area contributed by atoms with E-state index in [1.807, 2.05) is 47.2 Å². The van der Waals surface area contributed by atoms with E-state index in [9.17, 15) is 25.2 Å². The van der Waals surface area contributed by atoms with Crippen LogP contribution < -0.4 is 15.4 Å². The third-order valence-electron chi connectivity index (χ3n) is 10.7. The van der Waals surface area contributed by atoms with Gasteiger partial charge in [0.15, 0.2) is 11.5 Å². The van der Waals surface area contributed by atoms with Crippen molar-refractivity contribution in [2.75, 3.05) is 24.7 Å². The van der Waals surface area contributed by atoms with Crippen molar-refractivity contribution in [2.24, 2.45) is 0 Å². The fourth-order valence-corrected chi connectivity index (χ4v) is 10.1. The fraction of sp³-hybridized carbons (Fsp3) is 0.477. The van der Waals surface area contributed by atoms with Crippen molar-refractivity contribution < 1.29 is 34.7 Å². The summed E-state index contributed by atoms with van der Waals surface area (Å²) < 4.78 is 12.8. The van der Waals surface area contributed by atoms with Crippen LogP contribution in [0.25, 0.3) is 21.9 Å². The van der Waals surface area contributed by atoms with Crippen molar-refractivity contribution in [1.29, 1.82) is 0 Å². The van der Waals surface area contributed by atoms with Crippen LogP contribution in [0.2, 0.25) is 0 Å². The number of ether oxygens (including phenoxy) is 2. The summed E-state index contributed by atoms with van der Waals surface area (Å²) in [6.07, 6.45) is 8.07. The van der Waals surface area contributed by atoms with Gasteiger partial charge in [-0.25, -0.2) is 0 Å². The monoisotopic (exact) mass is 788 g/mol. The molecule has 11 heteroatoms. The van der Waals surface area contributed by atoms with Gasteiger partial charge in [0, 0.05) is 53.7 Å². The van der Waals surface area contributed by atoms with Crippen molar-refractivity contribution in [3.05, 3.63) is 82.9 Å². The molecule has 1 heterocycles. The molecule has 55 heavy (non-hydrogen) atoms. The zero-order valence-electron chi connectivity index (χ0n) is 32.0. The van der Waals surface area contributed by atoms with E-state index in [2.05, 4.69) is 16.7 Å². The zero-order valence-corrected chi connectivity index (χ0v) is 33.7. The topological polar surface area (TPSA) is 141 Å². The highest BCUT2D eigenvalue weighted by molar-refractivity contribution is 8.76. The second-order valence-corrected chi connectivity index (χ2v) is 17.5. The minimum absolute atomic E-state index is 0.0343. The number of ketones is 1. The van der Waals surface area contributed by atoms with Gasteiger partial charge in [-0.15, -0.1) is 0 Å². The maximum Gasteiger partial charge on any atom is 0.168 e. The molecule has 1 aliphatic heterocycles. The zero-order chi connectivity index (χ0) is 38.7. The molecule has 6 N–H and O–H groups in total. The number of nitrogens with one attached hydrogen (secondary N) is 2. The first-order chi connectivity index (χ1) is 26.7. The first-order valence-electron chi connectivity index (χ1n) is 19.7. The number of aliphatic hydroxyl groups is 2. The molecule has 1 saturated carbocycles. The molecule has 0 spiro atoms. The smallest absolute Gasteiger partial charge is 0.168 e. The summed E-state index contributed by atoms with van der Waals surface area (Å²) in [6.45, 7) is 1.94. The van der Waals surface area contributed by atoms with Crippen molar-refractivity contribution in [3.63, 3.8) is 0 Å². The van der Waals surface area contributed by atoms with Gasteiger partial charge in [-0.3, -0.25) is 10.1 Å². The molecule has 0 radical (unpaired) electrons. The van der Waals surface area contributed by atoms with Crippen LogP contribution in [0.3, 0.4) is 0 Å². The maximum absolute atomic E-state index is 14.0. The van der Waals surface area contributed by atoms with Crippen molar-refractivity contribution in [3.8, 4) is 28.4 Å². The van der Waals surface area contributed by atoms with Gasteiger partial charge in [-0.1, -0.05) is 77.6 Å². The van der Waals surface area contributed by atoms with Crippen LogP contribution in [-0.4, -0.2) is 63.9 Å². The lowest BCUT2D eigenvalue weighted by molar-refractivity contribution is -0.124. The summed E-state index contributed by atoms with van der Waals surface area (Å²) in [5.74, 6) is 2.32. The Morgan fingerprint density at radius 3 is 2.49 bits per heavy atom. The Morgan fingerprint density at radius 1 is 0.909 bits per heavy atom. The minimum Gasteiger partial charge on any atom is -0.508 e. The second kappa shape index (κ2) is 20.1. The van der Waals surface area contributed by atoms with Gasteiger partial charge in [0.2, 0.25) is 0 Å². The number of aliphatic hydroxyl groups excluding tert-OH is 2. The molecule has 4 aromatic rings. The number of carbonyl (C=O) groups excluding carboxylic acids is 1. The number of aryl methyl sites for hydroxylation is 1. The number of phenolic OH excluding ortho intramolecular Hbond substituents is 2. The van der Waals surface area contributed by atoms with Crippen LogP contribution >= 0.6 is 21.6 Å². The molecular weight excluding hydrogens is 733 g/mol. The summed E-state index contributed by atoms with van der Waals surface area (Å²) in [5, 5.41) is 50.6. The molecule has 1 fully saturated rings. The molecule has 3 atom stereocenters. The summed E-state index contributed by atoms with van der Waals surface area (Å²) in [7, 11) is 5.15. The SMILES string of the molecule is COc1c(O)ccc2c1-c1ccc3ccc(O)cc3c1CSSCCCC[C@@H](O[C@H](NC1CCCCC1)c1ccc(NC[C@H](C)O)c(CO)c1)CC(=O)CC2. The number of hydrogen-bond acceptors (Lipinski definition) is 11. The van der Waals surface area contributed by atoms with Gasteiger partial charge < -0.3 is 35.2 Å². The third kappa shape index (κ3) is 10.9. The Kier molecular flexibility index (Phi) is 15.1. The number of hydrogen-bond donors (Lipinski definition) is 6. The van der Waals surface area contributed by atoms with Gasteiger partial charge in [0.05, 0.1) is 25.9 Å². The quantitative estimate of drug-likeness (QED) is 0.0677. The van der Waals surface area contributed by atoms with E-state index in [4.69, 9.17) is 9.47 Å². The van der Waals surface area contributed by atoms with E-state index >= 15 is 0 Å². The number of benzene rings is 4. The second-order valence-electron chi connectivity index (χ2n) is 14.9. The maximum atomic E-state index is 14.0. The lowest BCUT2D eigenvalue weighted by atomic mass is 9.89. The molecule has 296 valence electrons. The number of rotatable bonds is 10. The van der Waals surface area contributed by atoms with Gasteiger partial charge >= 0.3 is 0 Å². The first kappa shape index (κ1) is 41.2. The van der Waals surface area contributed by atoms with Crippen LogP contribution in [0.4, 0.5) is 5.69 Å². The molecular formula is C44H56N2O7S2. The van der Waals surface area contributed by atoms with E-state index in [0.29, 0.717) is 36.9 Å². The normalized spacial score (nSPS) is 19.0. The molecule has 0 aromatic heterocycles. The molecule has 0 amide bonds. The molecule has 9 nitrogen and oxygen atoms in total. The van der Waals surface area contributed by atoms with Gasteiger partial charge in [-0.05, 0) is 102 Å². The number of methoxy groups -OCH3 is 1. The predicted molar refractivity (Wildman–Crippen MR) is 225 cm³/mol. The minimum atomic E-state index is -0.525. The number of aromatic hydroxyl groups is 2. The lowest BCUT2D eigenvalue weighted by Crippen LogP contribution is -2.38. The van der Waals surface area contributed by atoms with Crippen molar-refractivity contribution in [2.45, 2.75) is 114 Å². The summed E-state index contributed by atoms with van der Waals surface area (Å²) in [5.41, 5.74) is 6.05. The van der Waals surface area contributed by atoms with Crippen LogP contribution in [0.15, 0.2) is 60.7 Å². The molecule has 0 bridgehead atoms. The molecule has 1 aliphatic carbocycles. The lowest BCUT2D eigenvalue weighted by Gasteiger charge is -2.32. The highest BCUT2D eigenvalue weighted by atomic mass is 33.1. The highest BCUT2D eigenvalue weighted by Gasteiger charge is 2.27. The molecule has 6 rings (SSSR count). The van der Waals surface area contributed by atoms with Gasteiger partial charge in [-0.2, -0.15) is 0 Å².